The number of alkyl halides is 3. The average molecular weight is 313 g/mol. The molecule has 1 N–H and O–H groups in total. The number of nitrogens with one attached hydrogen (secondary N) is 1. The van der Waals surface area contributed by atoms with Crippen LogP contribution in [0.5, 0.6) is 0 Å². The fourth-order valence-electron chi connectivity index (χ4n) is 2.37. The second kappa shape index (κ2) is 6.20. The van der Waals surface area contributed by atoms with E-state index in [-0.39, 0.29) is 6.04 Å². The van der Waals surface area contributed by atoms with E-state index in [0.29, 0.717) is 5.56 Å². The smallest absolute Gasteiger partial charge is 0.309 e. The lowest BCUT2D eigenvalue weighted by Gasteiger charge is -2.19. The highest BCUT2D eigenvalue weighted by atomic mass is 32.1. The van der Waals surface area contributed by atoms with E-state index in [1.54, 1.807) is 24.3 Å². The first-order chi connectivity index (χ1) is 9.86. The molecule has 5 heteroatoms. The van der Waals surface area contributed by atoms with Gasteiger partial charge in [-0.15, -0.1) is 11.3 Å². The molecule has 0 bridgehead atoms. The molecule has 114 valence electrons. The summed E-state index contributed by atoms with van der Waals surface area (Å²) in [6.45, 7) is 3.82. The molecule has 0 saturated carbocycles. The van der Waals surface area contributed by atoms with Gasteiger partial charge in [0.05, 0.1) is 11.6 Å². The molecule has 21 heavy (non-hydrogen) atoms. The van der Waals surface area contributed by atoms with Gasteiger partial charge in [0.15, 0.2) is 0 Å². The molecule has 2 aromatic rings. The first-order valence-corrected chi connectivity index (χ1v) is 7.62. The lowest BCUT2D eigenvalue weighted by Crippen LogP contribution is -2.18. The molecule has 1 aromatic heterocycles. The zero-order chi connectivity index (χ0) is 15.6. The summed E-state index contributed by atoms with van der Waals surface area (Å²) in [5.74, 6) is 0. The summed E-state index contributed by atoms with van der Waals surface area (Å²) in [4.78, 5) is 2.40. The van der Waals surface area contributed by atoms with Gasteiger partial charge in [0.2, 0.25) is 0 Å². The minimum absolute atomic E-state index is 0.0717. The molecule has 0 aliphatic carbocycles. The molecule has 0 fully saturated rings. The molecular weight excluding hydrogens is 295 g/mol. The zero-order valence-electron chi connectivity index (χ0n) is 12.2. The molecule has 1 nitrogen and oxygen atoms in total. The minimum atomic E-state index is -4.29. The van der Waals surface area contributed by atoms with Crippen LogP contribution in [0.4, 0.5) is 13.2 Å². The quantitative estimate of drug-likeness (QED) is 0.842. The average Bonchev–Trinajstić information content (AvgIpc) is 2.89. The Balaban J connectivity index is 2.39. The fourth-order valence-corrected chi connectivity index (χ4v) is 3.45. The standard InChI is InChI=1S/C16H18F3NS/c1-4-12-6-8-14(21-12)15(20-3)13-7-5-11(9-10(13)2)16(17,18)19/h5-9,15,20H,4H2,1-3H3. The first-order valence-electron chi connectivity index (χ1n) is 6.80. The predicted octanol–water partition coefficient (Wildman–Crippen LogP) is 4.95. The van der Waals surface area contributed by atoms with Crippen LogP contribution in [0.2, 0.25) is 0 Å². The van der Waals surface area contributed by atoms with Gasteiger partial charge in [0.25, 0.3) is 0 Å². The summed E-state index contributed by atoms with van der Waals surface area (Å²) >= 11 is 1.69. The highest BCUT2D eigenvalue weighted by Crippen LogP contribution is 2.34. The molecule has 1 heterocycles. The Labute approximate surface area is 126 Å². The number of thiophene rings is 1. The van der Waals surface area contributed by atoms with Gasteiger partial charge in [0, 0.05) is 9.75 Å². The Morgan fingerprint density at radius 3 is 2.38 bits per heavy atom. The summed E-state index contributed by atoms with van der Waals surface area (Å²) in [5.41, 5.74) is 0.935. The molecule has 0 radical (unpaired) electrons. The number of hydrogen-bond donors (Lipinski definition) is 1. The normalized spacial score (nSPS) is 13.4. The number of benzene rings is 1. The molecule has 1 aromatic carbocycles. The van der Waals surface area contributed by atoms with Crippen molar-refractivity contribution in [3.63, 3.8) is 0 Å². The Morgan fingerprint density at radius 1 is 1.19 bits per heavy atom. The van der Waals surface area contributed by atoms with Crippen LogP contribution in [0.3, 0.4) is 0 Å². The van der Waals surface area contributed by atoms with Crippen LogP contribution in [0.1, 0.15) is 39.4 Å². The van der Waals surface area contributed by atoms with E-state index in [1.165, 1.54) is 10.9 Å². The van der Waals surface area contributed by atoms with Gasteiger partial charge in [0.1, 0.15) is 0 Å². The summed E-state index contributed by atoms with van der Waals surface area (Å²) in [5, 5.41) is 3.20. The zero-order valence-corrected chi connectivity index (χ0v) is 13.0. The van der Waals surface area contributed by atoms with Crippen LogP contribution < -0.4 is 5.32 Å². The van der Waals surface area contributed by atoms with Crippen molar-refractivity contribution in [1.82, 2.24) is 5.32 Å². The van der Waals surface area contributed by atoms with E-state index >= 15 is 0 Å². The van der Waals surface area contributed by atoms with Crippen molar-refractivity contribution in [2.75, 3.05) is 7.05 Å². The van der Waals surface area contributed by atoms with Gasteiger partial charge < -0.3 is 5.32 Å². The fraction of sp³-hybridized carbons (Fsp3) is 0.375. The van der Waals surface area contributed by atoms with Gasteiger partial charge in [-0.05, 0) is 55.8 Å². The van der Waals surface area contributed by atoms with E-state index in [2.05, 4.69) is 18.3 Å². The SMILES string of the molecule is CCc1ccc(C(NC)c2ccc(C(F)(F)F)cc2C)s1. The second-order valence-electron chi connectivity index (χ2n) is 4.95. The molecule has 0 aliphatic heterocycles. The third kappa shape index (κ3) is 3.47. The van der Waals surface area contributed by atoms with Gasteiger partial charge in [-0.3, -0.25) is 0 Å². The molecule has 1 atom stereocenters. The molecule has 0 aliphatic rings. The molecule has 0 saturated heterocycles. The van der Waals surface area contributed by atoms with Gasteiger partial charge in [-0.1, -0.05) is 13.0 Å². The van der Waals surface area contributed by atoms with Crippen molar-refractivity contribution in [1.29, 1.82) is 0 Å². The maximum atomic E-state index is 12.7. The number of hydrogen-bond acceptors (Lipinski definition) is 2. The van der Waals surface area contributed by atoms with E-state index < -0.39 is 11.7 Å². The van der Waals surface area contributed by atoms with Gasteiger partial charge >= 0.3 is 6.18 Å². The van der Waals surface area contributed by atoms with Gasteiger partial charge in [-0.2, -0.15) is 13.2 Å². The predicted molar refractivity (Wildman–Crippen MR) is 80.8 cm³/mol. The van der Waals surface area contributed by atoms with Crippen LogP contribution in [0.25, 0.3) is 0 Å². The largest absolute Gasteiger partial charge is 0.416 e. The first kappa shape index (κ1) is 16.0. The van der Waals surface area contributed by atoms with Crippen molar-refractivity contribution in [2.45, 2.75) is 32.5 Å². The Hall–Kier alpha value is -1.33. The highest BCUT2D eigenvalue weighted by molar-refractivity contribution is 7.12. The number of rotatable bonds is 4. The Morgan fingerprint density at radius 2 is 1.90 bits per heavy atom. The van der Waals surface area contributed by atoms with E-state index in [9.17, 15) is 13.2 Å². The molecular formula is C16H18F3NS. The van der Waals surface area contributed by atoms with Crippen LogP contribution in [-0.4, -0.2) is 7.05 Å². The maximum absolute atomic E-state index is 12.7. The molecule has 2 rings (SSSR count). The minimum Gasteiger partial charge on any atom is -0.309 e. The third-order valence-electron chi connectivity index (χ3n) is 3.51. The van der Waals surface area contributed by atoms with Crippen molar-refractivity contribution in [3.8, 4) is 0 Å². The number of halogens is 3. The molecule has 0 spiro atoms. The Kier molecular flexibility index (Phi) is 4.74. The van der Waals surface area contributed by atoms with E-state index in [4.69, 9.17) is 0 Å². The summed E-state index contributed by atoms with van der Waals surface area (Å²) in [6, 6.07) is 7.99. The topological polar surface area (TPSA) is 12.0 Å². The van der Waals surface area contributed by atoms with Crippen LogP contribution in [0.15, 0.2) is 30.3 Å². The molecule has 0 amide bonds. The van der Waals surface area contributed by atoms with Crippen molar-refractivity contribution in [2.24, 2.45) is 0 Å². The highest BCUT2D eigenvalue weighted by Gasteiger charge is 2.31. The lowest BCUT2D eigenvalue weighted by molar-refractivity contribution is -0.137. The number of aryl methyl sites for hydroxylation is 2. The Bertz CT molecular complexity index is 616. The lowest BCUT2D eigenvalue weighted by atomic mass is 9.97. The van der Waals surface area contributed by atoms with Crippen LogP contribution in [-0.2, 0) is 12.6 Å². The van der Waals surface area contributed by atoms with Crippen molar-refractivity contribution >= 4 is 11.3 Å². The third-order valence-corrected chi connectivity index (χ3v) is 4.81. The second-order valence-corrected chi connectivity index (χ2v) is 6.15. The summed E-state index contributed by atoms with van der Waals surface area (Å²) in [6.07, 6.45) is -3.33. The van der Waals surface area contributed by atoms with Crippen LogP contribution >= 0.6 is 11.3 Å². The van der Waals surface area contributed by atoms with Crippen molar-refractivity contribution < 1.29 is 13.2 Å². The van der Waals surface area contributed by atoms with Crippen LogP contribution in [0, 0.1) is 6.92 Å². The summed E-state index contributed by atoms with van der Waals surface area (Å²) in [7, 11) is 1.83. The van der Waals surface area contributed by atoms with Crippen molar-refractivity contribution in [3.05, 3.63) is 56.8 Å². The monoisotopic (exact) mass is 313 g/mol. The van der Waals surface area contributed by atoms with Gasteiger partial charge in [-0.25, -0.2) is 0 Å². The molecule has 1 unspecified atom stereocenters. The summed E-state index contributed by atoms with van der Waals surface area (Å²) < 4.78 is 38.2. The maximum Gasteiger partial charge on any atom is 0.416 e. The van der Waals surface area contributed by atoms with E-state index in [0.717, 1.165) is 22.9 Å². The van der Waals surface area contributed by atoms with E-state index in [1.807, 2.05) is 13.1 Å².